The average molecular weight is 305 g/mol. The maximum Gasteiger partial charge on any atom is 0.127 e. The van der Waals surface area contributed by atoms with Gasteiger partial charge in [0.2, 0.25) is 0 Å². The van der Waals surface area contributed by atoms with E-state index in [1.165, 1.54) is 0 Å². The molecule has 0 spiro atoms. The van der Waals surface area contributed by atoms with Crippen LogP contribution in [-0.2, 0) is 0 Å². The van der Waals surface area contributed by atoms with Crippen molar-refractivity contribution in [1.29, 1.82) is 0 Å². The van der Waals surface area contributed by atoms with Gasteiger partial charge in [0.1, 0.15) is 18.2 Å². The number of hydrogen-bond donors (Lipinski definition) is 1. The second-order valence-corrected chi connectivity index (χ2v) is 4.53. The number of ether oxygens (including phenoxy) is 2. The molecule has 2 rings (SSSR count). The minimum atomic E-state index is -0.448. The molecule has 6 heteroatoms. The smallest absolute Gasteiger partial charge is 0.127 e. The predicted octanol–water partition coefficient (Wildman–Crippen LogP) is 2.04. The van der Waals surface area contributed by atoms with Crippen molar-refractivity contribution in [3.63, 3.8) is 0 Å². The van der Waals surface area contributed by atoms with Crippen LogP contribution in [0, 0.1) is 0 Å². The highest BCUT2D eigenvalue weighted by Crippen LogP contribution is 2.37. The number of alkyl halides is 1. The van der Waals surface area contributed by atoms with Crippen molar-refractivity contribution in [2.45, 2.75) is 6.04 Å². The lowest BCUT2D eigenvalue weighted by molar-refractivity contribution is 0.142. The molecule has 114 valence electrons. The summed E-state index contributed by atoms with van der Waals surface area (Å²) in [6.07, 6.45) is 0. The van der Waals surface area contributed by atoms with Crippen LogP contribution in [0.2, 0.25) is 0 Å². The van der Waals surface area contributed by atoms with E-state index in [1.54, 1.807) is 14.2 Å². The zero-order valence-corrected chi connectivity index (χ0v) is 12.7. The molecule has 1 aromatic rings. The summed E-state index contributed by atoms with van der Waals surface area (Å²) >= 11 is 0. The Bertz CT molecular complexity index is 392. The van der Waals surface area contributed by atoms with Crippen LogP contribution in [0.1, 0.15) is 11.6 Å². The van der Waals surface area contributed by atoms with E-state index in [9.17, 15) is 4.39 Å². The zero-order valence-electron chi connectivity index (χ0n) is 11.9. The van der Waals surface area contributed by atoms with Crippen LogP contribution in [-0.4, -0.2) is 52.0 Å². The van der Waals surface area contributed by atoms with Gasteiger partial charge in [0.25, 0.3) is 0 Å². The van der Waals surface area contributed by atoms with E-state index in [4.69, 9.17) is 9.47 Å². The second kappa shape index (κ2) is 8.29. The number of hydrogen-bond acceptors (Lipinski definition) is 4. The lowest BCUT2D eigenvalue weighted by atomic mass is 10.0. The van der Waals surface area contributed by atoms with Gasteiger partial charge in [-0.25, -0.2) is 4.39 Å². The molecule has 1 saturated heterocycles. The molecule has 0 unspecified atom stereocenters. The number of piperazine rings is 1. The zero-order chi connectivity index (χ0) is 13.7. The fourth-order valence-electron chi connectivity index (χ4n) is 2.56. The first kappa shape index (κ1) is 17.0. The molecule has 1 aliphatic rings. The van der Waals surface area contributed by atoms with E-state index < -0.39 is 6.67 Å². The Hall–Kier alpha value is -1.04. The molecule has 1 fully saturated rings. The topological polar surface area (TPSA) is 33.7 Å². The predicted molar refractivity (Wildman–Crippen MR) is 80.0 cm³/mol. The van der Waals surface area contributed by atoms with Gasteiger partial charge in [-0.15, -0.1) is 12.4 Å². The molecule has 1 heterocycles. The number of nitrogens with zero attached hydrogens (tertiary/aromatic N) is 1. The molecule has 20 heavy (non-hydrogen) atoms. The quantitative estimate of drug-likeness (QED) is 0.903. The standard InChI is InChI=1S/C14H21FN2O2.ClH/c1-18-12-4-3-5-13(19-2)14(12)11(10-15)17-8-6-16-7-9-17;/h3-5,11,16H,6-10H2,1-2H3;1H/t11-;/m0./s1. The number of methoxy groups -OCH3 is 2. The summed E-state index contributed by atoms with van der Waals surface area (Å²) in [6.45, 7) is 2.98. The van der Waals surface area contributed by atoms with Crippen LogP contribution < -0.4 is 14.8 Å². The fraction of sp³-hybridized carbons (Fsp3) is 0.571. The summed E-state index contributed by atoms with van der Waals surface area (Å²) in [7, 11) is 3.21. The van der Waals surface area contributed by atoms with Crippen LogP contribution in [0.25, 0.3) is 0 Å². The van der Waals surface area contributed by atoms with Crippen molar-refractivity contribution in [3.8, 4) is 11.5 Å². The van der Waals surface area contributed by atoms with Crippen molar-refractivity contribution in [2.75, 3.05) is 47.1 Å². The van der Waals surface area contributed by atoms with Gasteiger partial charge >= 0.3 is 0 Å². The maximum atomic E-state index is 13.6. The van der Waals surface area contributed by atoms with E-state index in [-0.39, 0.29) is 18.4 Å². The summed E-state index contributed by atoms with van der Waals surface area (Å²) in [4.78, 5) is 2.14. The van der Waals surface area contributed by atoms with E-state index in [0.29, 0.717) is 11.5 Å². The minimum Gasteiger partial charge on any atom is -0.496 e. The molecule has 0 radical (unpaired) electrons. The SMILES string of the molecule is COc1cccc(OC)c1[C@H](CF)N1CCNCC1.Cl. The summed E-state index contributed by atoms with van der Waals surface area (Å²) in [5, 5.41) is 3.28. The molecule has 1 atom stereocenters. The lowest BCUT2D eigenvalue weighted by Gasteiger charge is -2.34. The first-order valence-corrected chi connectivity index (χ1v) is 6.53. The molecule has 0 bridgehead atoms. The Kier molecular flexibility index (Phi) is 7.05. The van der Waals surface area contributed by atoms with Crippen LogP contribution in [0.15, 0.2) is 18.2 Å². The average Bonchev–Trinajstić information content (AvgIpc) is 2.49. The molecular weight excluding hydrogens is 283 g/mol. The van der Waals surface area contributed by atoms with Crippen molar-refractivity contribution < 1.29 is 13.9 Å². The van der Waals surface area contributed by atoms with E-state index >= 15 is 0 Å². The fourth-order valence-corrected chi connectivity index (χ4v) is 2.56. The van der Waals surface area contributed by atoms with Crippen molar-refractivity contribution in [3.05, 3.63) is 23.8 Å². The Morgan fingerprint density at radius 1 is 1.20 bits per heavy atom. The van der Waals surface area contributed by atoms with Crippen molar-refractivity contribution >= 4 is 12.4 Å². The first-order valence-electron chi connectivity index (χ1n) is 6.53. The number of rotatable bonds is 5. The van der Waals surface area contributed by atoms with E-state index in [2.05, 4.69) is 10.2 Å². The summed E-state index contributed by atoms with van der Waals surface area (Å²) in [5.74, 6) is 1.36. The Morgan fingerprint density at radius 3 is 2.20 bits per heavy atom. The summed E-state index contributed by atoms with van der Waals surface area (Å²) in [6, 6.07) is 5.24. The molecule has 0 aliphatic carbocycles. The summed E-state index contributed by atoms with van der Waals surface area (Å²) < 4.78 is 24.3. The molecule has 1 N–H and O–H groups in total. The third kappa shape index (κ3) is 3.53. The Balaban J connectivity index is 0.00000200. The van der Waals surface area contributed by atoms with Gasteiger partial charge < -0.3 is 14.8 Å². The summed E-state index contributed by atoms with van der Waals surface area (Å²) in [5.41, 5.74) is 0.803. The van der Waals surface area contributed by atoms with Gasteiger partial charge in [0, 0.05) is 26.2 Å². The highest BCUT2D eigenvalue weighted by Gasteiger charge is 2.27. The van der Waals surface area contributed by atoms with Gasteiger partial charge in [-0.3, -0.25) is 4.90 Å². The normalized spacial score (nSPS) is 17.1. The van der Waals surface area contributed by atoms with Gasteiger partial charge in [0.15, 0.2) is 0 Å². The third-order valence-corrected chi connectivity index (χ3v) is 3.54. The Morgan fingerprint density at radius 2 is 1.75 bits per heavy atom. The van der Waals surface area contributed by atoms with Crippen molar-refractivity contribution in [1.82, 2.24) is 10.2 Å². The first-order chi connectivity index (χ1) is 9.31. The monoisotopic (exact) mass is 304 g/mol. The van der Waals surface area contributed by atoms with Gasteiger partial charge in [0.05, 0.1) is 25.8 Å². The van der Waals surface area contributed by atoms with Crippen LogP contribution >= 0.6 is 12.4 Å². The Labute approximate surface area is 125 Å². The van der Waals surface area contributed by atoms with Crippen LogP contribution in [0.5, 0.6) is 11.5 Å². The largest absolute Gasteiger partial charge is 0.496 e. The van der Waals surface area contributed by atoms with Gasteiger partial charge in [-0.05, 0) is 12.1 Å². The highest BCUT2D eigenvalue weighted by atomic mass is 35.5. The van der Waals surface area contributed by atoms with Gasteiger partial charge in [-0.2, -0.15) is 0 Å². The maximum absolute atomic E-state index is 13.6. The number of nitrogens with one attached hydrogen (secondary N) is 1. The molecule has 0 amide bonds. The molecule has 4 nitrogen and oxygen atoms in total. The highest BCUT2D eigenvalue weighted by molar-refractivity contribution is 5.85. The molecule has 1 aromatic carbocycles. The molecule has 0 saturated carbocycles. The molecule has 0 aromatic heterocycles. The van der Waals surface area contributed by atoms with E-state index in [1.807, 2.05) is 18.2 Å². The second-order valence-electron chi connectivity index (χ2n) is 4.53. The van der Waals surface area contributed by atoms with Crippen molar-refractivity contribution in [2.24, 2.45) is 0 Å². The van der Waals surface area contributed by atoms with Crippen LogP contribution in [0.4, 0.5) is 4.39 Å². The lowest BCUT2D eigenvalue weighted by Crippen LogP contribution is -2.45. The third-order valence-electron chi connectivity index (χ3n) is 3.54. The minimum absolute atomic E-state index is 0. The van der Waals surface area contributed by atoms with Gasteiger partial charge in [-0.1, -0.05) is 6.07 Å². The number of halogens is 2. The number of benzene rings is 1. The van der Waals surface area contributed by atoms with Crippen LogP contribution in [0.3, 0.4) is 0 Å². The molecule has 1 aliphatic heterocycles. The van der Waals surface area contributed by atoms with E-state index in [0.717, 1.165) is 31.7 Å². The molecular formula is C14H22ClFN2O2.